The summed E-state index contributed by atoms with van der Waals surface area (Å²) in [4.78, 5) is 12.9. The van der Waals surface area contributed by atoms with E-state index in [4.69, 9.17) is 9.84 Å². The fourth-order valence-corrected chi connectivity index (χ4v) is 2.15. The van der Waals surface area contributed by atoms with Crippen LogP contribution in [0.25, 0.3) is 0 Å². The van der Waals surface area contributed by atoms with Gasteiger partial charge in [0, 0.05) is 32.7 Å². The van der Waals surface area contributed by atoms with Crippen LogP contribution in [0.1, 0.15) is 26.2 Å². The number of carboxylic acid groups (broad SMARTS) is 1. The molecule has 1 aliphatic rings. The summed E-state index contributed by atoms with van der Waals surface area (Å²) < 4.78 is 5.04. The second-order valence-electron chi connectivity index (χ2n) is 4.38. The molecule has 15 heavy (non-hydrogen) atoms. The van der Waals surface area contributed by atoms with Gasteiger partial charge in [-0.2, -0.15) is 0 Å². The molecule has 1 saturated heterocycles. The minimum absolute atomic E-state index is 0.313. The smallest absolute Gasteiger partial charge is 0.303 e. The number of hydrogen-bond donors (Lipinski definition) is 1. The van der Waals surface area contributed by atoms with Crippen LogP contribution in [0.15, 0.2) is 0 Å². The van der Waals surface area contributed by atoms with Crippen LogP contribution in [-0.2, 0) is 9.53 Å². The van der Waals surface area contributed by atoms with Crippen molar-refractivity contribution in [2.75, 3.05) is 26.8 Å². The fraction of sp³-hybridized carbons (Fsp3) is 0.909. The number of hydrogen-bond acceptors (Lipinski definition) is 3. The highest BCUT2D eigenvalue weighted by Crippen LogP contribution is 2.22. The van der Waals surface area contributed by atoms with Gasteiger partial charge in [-0.25, -0.2) is 0 Å². The number of rotatable bonds is 6. The van der Waals surface area contributed by atoms with E-state index in [0.29, 0.717) is 18.4 Å². The van der Waals surface area contributed by atoms with Crippen LogP contribution in [0.2, 0.25) is 0 Å². The predicted octanol–water partition coefficient (Wildman–Crippen LogP) is 1.21. The van der Waals surface area contributed by atoms with Gasteiger partial charge >= 0.3 is 5.97 Å². The molecule has 0 aromatic rings. The van der Waals surface area contributed by atoms with Crippen molar-refractivity contribution in [1.82, 2.24) is 4.90 Å². The lowest BCUT2D eigenvalue weighted by Crippen LogP contribution is -2.32. The number of methoxy groups -OCH3 is 1. The second kappa shape index (κ2) is 6.08. The molecule has 0 aliphatic carbocycles. The third-order valence-corrected chi connectivity index (χ3v) is 3.14. The second-order valence-corrected chi connectivity index (χ2v) is 4.38. The molecule has 0 radical (unpaired) electrons. The number of carboxylic acids is 1. The molecular formula is C11H21NO3. The Labute approximate surface area is 91.2 Å². The molecule has 4 nitrogen and oxygen atoms in total. The number of likely N-dealkylation sites (tertiary alicyclic amines) is 1. The fourth-order valence-electron chi connectivity index (χ4n) is 2.15. The van der Waals surface area contributed by atoms with E-state index >= 15 is 0 Å². The van der Waals surface area contributed by atoms with E-state index < -0.39 is 5.97 Å². The Hall–Kier alpha value is -0.610. The van der Waals surface area contributed by atoms with Gasteiger partial charge in [-0.3, -0.25) is 4.79 Å². The molecule has 0 saturated carbocycles. The maximum atomic E-state index is 10.6. The first-order valence-electron chi connectivity index (χ1n) is 5.58. The van der Waals surface area contributed by atoms with Gasteiger partial charge in [-0.05, 0) is 32.2 Å². The normalized spacial score (nSPS) is 24.3. The van der Waals surface area contributed by atoms with Gasteiger partial charge in [-0.1, -0.05) is 0 Å². The van der Waals surface area contributed by atoms with Crippen LogP contribution >= 0.6 is 0 Å². The highest BCUT2D eigenvalue weighted by Gasteiger charge is 2.27. The maximum Gasteiger partial charge on any atom is 0.303 e. The molecular weight excluding hydrogens is 194 g/mol. The van der Waals surface area contributed by atoms with Crippen molar-refractivity contribution < 1.29 is 14.6 Å². The first kappa shape index (κ1) is 12.5. The highest BCUT2D eigenvalue weighted by atomic mass is 16.5. The molecule has 2 unspecified atom stereocenters. The summed E-state index contributed by atoms with van der Waals surface area (Å²) in [6.45, 7) is 4.92. The van der Waals surface area contributed by atoms with Crippen LogP contribution in [0.4, 0.5) is 0 Å². The number of nitrogens with zero attached hydrogens (tertiary/aromatic N) is 1. The Bertz CT molecular complexity index is 208. The molecule has 2 atom stereocenters. The van der Waals surface area contributed by atoms with E-state index in [-0.39, 0.29) is 0 Å². The highest BCUT2D eigenvalue weighted by molar-refractivity contribution is 5.67. The summed E-state index contributed by atoms with van der Waals surface area (Å²) in [5.41, 5.74) is 0. The molecule has 0 aromatic carbocycles. The van der Waals surface area contributed by atoms with Crippen molar-refractivity contribution in [1.29, 1.82) is 0 Å². The quantitative estimate of drug-likeness (QED) is 0.723. The average molecular weight is 215 g/mol. The predicted molar refractivity (Wildman–Crippen MR) is 57.9 cm³/mol. The van der Waals surface area contributed by atoms with Gasteiger partial charge in [0.15, 0.2) is 0 Å². The van der Waals surface area contributed by atoms with Crippen molar-refractivity contribution in [2.45, 2.75) is 32.2 Å². The van der Waals surface area contributed by atoms with Crippen molar-refractivity contribution in [3.63, 3.8) is 0 Å². The van der Waals surface area contributed by atoms with Crippen LogP contribution in [0.3, 0.4) is 0 Å². The number of carbonyl (C=O) groups is 1. The third-order valence-electron chi connectivity index (χ3n) is 3.14. The standard InChI is InChI=1S/C11H21NO3/c1-9(4-6-15-2)12-5-3-10(8-12)7-11(13)14/h9-10H,3-8H2,1-2H3,(H,13,14). The SMILES string of the molecule is COCCC(C)N1CCC(CC(=O)O)C1. The Balaban J connectivity index is 2.25. The van der Waals surface area contributed by atoms with Gasteiger partial charge in [0.1, 0.15) is 0 Å². The Morgan fingerprint density at radius 2 is 2.40 bits per heavy atom. The van der Waals surface area contributed by atoms with Gasteiger partial charge in [0.05, 0.1) is 0 Å². The first-order valence-corrected chi connectivity index (χ1v) is 5.58. The minimum atomic E-state index is -0.675. The summed E-state index contributed by atoms with van der Waals surface area (Å²) in [5.74, 6) is -0.334. The van der Waals surface area contributed by atoms with E-state index in [2.05, 4.69) is 11.8 Å². The van der Waals surface area contributed by atoms with E-state index in [0.717, 1.165) is 32.5 Å². The van der Waals surface area contributed by atoms with Crippen LogP contribution in [0.5, 0.6) is 0 Å². The zero-order chi connectivity index (χ0) is 11.3. The van der Waals surface area contributed by atoms with Crippen LogP contribution in [-0.4, -0.2) is 48.8 Å². The monoisotopic (exact) mass is 215 g/mol. The lowest BCUT2D eigenvalue weighted by atomic mass is 10.1. The first-order chi connectivity index (χ1) is 7.13. The topological polar surface area (TPSA) is 49.8 Å². The molecule has 0 amide bonds. The average Bonchev–Trinajstić information content (AvgIpc) is 2.61. The van der Waals surface area contributed by atoms with Crippen molar-refractivity contribution >= 4 is 5.97 Å². The molecule has 88 valence electrons. The molecule has 0 aromatic heterocycles. The van der Waals surface area contributed by atoms with Crippen LogP contribution in [0, 0.1) is 5.92 Å². The van der Waals surface area contributed by atoms with E-state index in [9.17, 15) is 4.79 Å². The third kappa shape index (κ3) is 4.18. The van der Waals surface area contributed by atoms with Crippen molar-refractivity contribution in [3.8, 4) is 0 Å². The van der Waals surface area contributed by atoms with E-state index in [1.165, 1.54) is 0 Å². The molecule has 1 aliphatic heterocycles. The molecule has 4 heteroatoms. The van der Waals surface area contributed by atoms with E-state index in [1.807, 2.05) is 0 Å². The van der Waals surface area contributed by atoms with Gasteiger partial charge in [0.2, 0.25) is 0 Å². The lowest BCUT2D eigenvalue weighted by Gasteiger charge is -2.23. The van der Waals surface area contributed by atoms with Gasteiger partial charge in [-0.15, -0.1) is 0 Å². The Morgan fingerprint density at radius 1 is 1.67 bits per heavy atom. The largest absolute Gasteiger partial charge is 0.481 e. The molecule has 1 N–H and O–H groups in total. The lowest BCUT2D eigenvalue weighted by molar-refractivity contribution is -0.138. The summed E-state index contributed by atoms with van der Waals surface area (Å²) in [6, 6.07) is 0.503. The summed E-state index contributed by atoms with van der Waals surface area (Å²) in [6.07, 6.45) is 2.35. The van der Waals surface area contributed by atoms with Crippen LogP contribution < -0.4 is 0 Å². The summed E-state index contributed by atoms with van der Waals surface area (Å²) in [7, 11) is 1.71. The number of aliphatic carboxylic acids is 1. The minimum Gasteiger partial charge on any atom is -0.481 e. The molecule has 1 rings (SSSR count). The van der Waals surface area contributed by atoms with Crippen molar-refractivity contribution in [3.05, 3.63) is 0 Å². The molecule has 1 heterocycles. The zero-order valence-corrected chi connectivity index (χ0v) is 9.61. The summed E-state index contributed by atoms with van der Waals surface area (Å²) in [5, 5.41) is 8.70. The molecule has 0 spiro atoms. The molecule has 0 bridgehead atoms. The molecule has 1 fully saturated rings. The Morgan fingerprint density at radius 3 is 3.00 bits per heavy atom. The van der Waals surface area contributed by atoms with Gasteiger partial charge in [0.25, 0.3) is 0 Å². The maximum absolute atomic E-state index is 10.6. The van der Waals surface area contributed by atoms with Crippen molar-refractivity contribution in [2.24, 2.45) is 5.92 Å². The Kier molecular flexibility index (Phi) is 5.05. The zero-order valence-electron chi connectivity index (χ0n) is 9.61. The van der Waals surface area contributed by atoms with Gasteiger partial charge < -0.3 is 14.7 Å². The number of ether oxygens (including phenoxy) is 1. The summed E-state index contributed by atoms with van der Waals surface area (Å²) >= 11 is 0. The van der Waals surface area contributed by atoms with E-state index in [1.54, 1.807) is 7.11 Å².